The Labute approximate surface area is 177 Å². The third-order valence-electron chi connectivity index (χ3n) is 4.96. The molecule has 0 fully saturated rings. The molecular formula is C21H14F3N7O. The fourth-order valence-corrected chi connectivity index (χ4v) is 3.50. The van der Waals surface area contributed by atoms with Gasteiger partial charge in [0, 0.05) is 6.07 Å². The van der Waals surface area contributed by atoms with Crippen molar-refractivity contribution in [2.24, 2.45) is 0 Å². The van der Waals surface area contributed by atoms with E-state index >= 15 is 0 Å². The van der Waals surface area contributed by atoms with E-state index in [1.807, 2.05) is 0 Å². The predicted octanol–water partition coefficient (Wildman–Crippen LogP) is 3.64. The van der Waals surface area contributed by atoms with Gasteiger partial charge in [-0.25, -0.2) is 33.1 Å². The molecule has 0 saturated heterocycles. The van der Waals surface area contributed by atoms with Crippen LogP contribution in [0.4, 0.5) is 19.0 Å². The van der Waals surface area contributed by atoms with Crippen LogP contribution in [0.5, 0.6) is 0 Å². The van der Waals surface area contributed by atoms with E-state index < -0.39 is 29.1 Å². The zero-order valence-corrected chi connectivity index (χ0v) is 16.5. The molecular weight excluding hydrogens is 423 g/mol. The van der Waals surface area contributed by atoms with E-state index in [1.54, 1.807) is 6.92 Å². The lowest BCUT2D eigenvalue weighted by Gasteiger charge is -2.20. The number of imidazole rings is 1. The Balaban J connectivity index is 1.74. The lowest BCUT2D eigenvalue weighted by atomic mass is 10.2. The molecule has 0 spiro atoms. The zero-order chi connectivity index (χ0) is 22.4. The second-order valence-electron chi connectivity index (χ2n) is 7.06. The van der Waals surface area contributed by atoms with Crippen molar-refractivity contribution < 1.29 is 13.2 Å². The molecule has 3 aromatic heterocycles. The third kappa shape index (κ3) is 3.23. The molecule has 0 aliphatic carbocycles. The van der Waals surface area contributed by atoms with Crippen molar-refractivity contribution >= 4 is 27.9 Å². The smallest absolute Gasteiger partial charge is 0.266 e. The van der Waals surface area contributed by atoms with Gasteiger partial charge in [-0.2, -0.15) is 0 Å². The van der Waals surface area contributed by atoms with Gasteiger partial charge < -0.3 is 10.3 Å². The lowest BCUT2D eigenvalue weighted by Crippen LogP contribution is -2.28. The summed E-state index contributed by atoms with van der Waals surface area (Å²) < 4.78 is 43.4. The van der Waals surface area contributed by atoms with Gasteiger partial charge in [-0.05, 0) is 37.3 Å². The predicted molar refractivity (Wildman–Crippen MR) is 111 cm³/mol. The number of H-pyrrole nitrogens is 1. The summed E-state index contributed by atoms with van der Waals surface area (Å²) in [5.74, 6) is -1.81. The van der Waals surface area contributed by atoms with Gasteiger partial charge in [0.05, 0.1) is 29.0 Å². The highest BCUT2D eigenvalue weighted by atomic mass is 19.1. The van der Waals surface area contributed by atoms with Gasteiger partial charge in [0.1, 0.15) is 35.1 Å². The number of hydrogen-bond acceptors (Lipinski definition) is 6. The summed E-state index contributed by atoms with van der Waals surface area (Å²) in [5, 5.41) is 3.02. The number of hydrogen-bond donors (Lipinski definition) is 2. The van der Waals surface area contributed by atoms with Crippen LogP contribution in [0, 0.1) is 17.5 Å². The molecule has 2 aromatic carbocycles. The molecule has 160 valence electrons. The number of anilines is 1. The minimum Gasteiger partial charge on any atom is -0.358 e. The van der Waals surface area contributed by atoms with Crippen LogP contribution >= 0.6 is 0 Å². The number of nitrogens with one attached hydrogen (secondary N) is 2. The number of benzene rings is 2. The van der Waals surface area contributed by atoms with Crippen molar-refractivity contribution in [1.82, 2.24) is 29.5 Å². The molecule has 0 radical (unpaired) electrons. The maximum Gasteiger partial charge on any atom is 0.266 e. The van der Waals surface area contributed by atoms with Crippen molar-refractivity contribution in [3.63, 3.8) is 0 Å². The first-order valence-corrected chi connectivity index (χ1v) is 9.50. The summed E-state index contributed by atoms with van der Waals surface area (Å²) in [4.78, 5) is 33.0. The van der Waals surface area contributed by atoms with Gasteiger partial charge in [0.15, 0.2) is 11.5 Å². The van der Waals surface area contributed by atoms with Gasteiger partial charge in [-0.15, -0.1) is 0 Å². The normalized spacial score (nSPS) is 12.4. The van der Waals surface area contributed by atoms with Crippen LogP contribution < -0.4 is 10.9 Å². The molecule has 0 unspecified atom stereocenters. The summed E-state index contributed by atoms with van der Waals surface area (Å²) >= 11 is 0. The van der Waals surface area contributed by atoms with E-state index in [-0.39, 0.29) is 22.4 Å². The first kappa shape index (κ1) is 19.7. The van der Waals surface area contributed by atoms with Gasteiger partial charge in [0.2, 0.25) is 0 Å². The number of aromatic amines is 1. The number of aromatic nitrogens is 6. The first-order valence-electron chi connectivity index (χ1n) is 9.50. The standard InChI is InChI=1S/C21H14F3N7O/c1-10(29-19-17-18(26-8-25-17)27-9-28-19)20-30-15-5-3-11(22)6-13(15)21(32)31(20)16-7-12(23)2-4-14(16)24/h2-10H,1H3,(H2,25,26,27,28,29)/t10-/m0/s1. The fraction of sp³-hybridized carbons (Fsp3) is 0.0952. The van der Waals surface area contributed by atoms with Crippen molar-refractivity contribution in [2.75, 3.05) is 5.32 Å². The summed E-state index contributed by atoms with van der Waals surface area (Å²) in [6, 6.07) is 5.55. The van der Waals surface area contributed by atoms with Crippen LogP contribution in [0.2, 0.25) is 0 Å². The first-order chi connectivity index (χ1) is 15.4. The van der Waals surface area contributed by atoms with Gasteiger partial charge in [-0.1, -0.05) is 0 Å². The van der Waals surface area contributed by atoms with Gasteiger partial charge in [-0.3, -0.25) is 9.36 Å². The fourth-order valence-electron chi connectivity index (χ4n) is 3.50. The van der Waals surface area contributed by atoms with Gasteiger partial charge >= 0.3 is 0 Å². The quantitative estimate of drug-likeness (QED) is 0.445. The Morgan fingerprint density at radius 2 is 1.81 bits per heavy atom. The molecule has 0 aliphatic rings. The van der Waals surface area contributed by atoms with Crippen LogP contribution in [-0.2, 0) is 0 Å². The Hall–Kier alpha value is -4.28. The summed E-state index contributed by atoms with van der Waals surface area (Å²) in [7, 11) is 0. The minimum atomic E-state index is -0.837. The van der Waals surface area contributed by atoms with Crippen LogP contribution in [0.1, 0.15) is 18.8 Å². The van der Waals surface area contributed by atoms with Crippen molar-refractivity contribution in [1.29, 1.82) is 0 Å². The Morgan fingerprint density at radius 1 is 1.03 bits per heavy atom. The van der Waals surface area contributed by atoms with E-state index in [1.165, 1.54) is 24.8 Å². The van der Waals surface area contributed by atoms with Crippen molar-refractivity contribution in [3.05, 3.63) is 82.7 Å². The molecule has 0 bridgehead atoms. The van der Waals surface area contributed by atoms with Crippen molar-refractivity contribution in [2.45, 2.75) is 13.0 Å². The van der Waals surface area contributed by atoms with E-state index in [2.05, 4.69) is 30.2 Å². The highest BCUT2D eigenvalue weighted by Crippen LogP contribution is 2.25. The van der Waals surface area contributed by atoms with E-state index in [4.69, 9.17) is 0 Å². The highest BCUT2D eigenvalue weighted by Gasteiger charge is 2.22. The summed E-state index contributed by atoms with van der Waals surface area (Å²) in [6.07, 6.45) is 2.78. The molecule has 0 amide bonds. The van der Waals surface area contributed by atoms with Crippen LogP contribution in [0.25, 0.3) is 27.8 Å². The number of fused-ring (bicyclic) bond motifs is 2. The van der Waals surface area contributed by atoms with Crippen LogP contribution in [0.3, 0.4) is 0 Å². The minimum absolute atomic E-state index is 0.0682. The number of halogens is 3. The molecule has 0 saturated carbocycles. The molecule has 5 aromatic rings. The molecule has 11 heteroatoms. The Morgan fingerprint density at radius 3 is 2.66 bits per heavy atom. The maximum absolute atomic E-state index is 14.7. The van der Waals surface area contributed by atoms with Crippen molar-refractivity contribution in [3.8, 4) is 5.69 Å². The SMILES string of the molecule is C[C@H](Nc1ncnc2[nH]cnc12)c1nc2ccc(F)cc2c(=O)n1-c1cc(F)ccc1F. The molecule has 1 atom stereocenters. The Bertz CT molecular complexity index is 1550. The molecule has 32 heavy (non-hydrogen) atoms. The van der Waals surface area contributed by atoms with Crippen LogP contribution in [0.15, 0.2) is 53.8 Å². The van der Waals surface area contributed by atoms with E-state index in [9.17, 15) is 18.0 Å². The topological polar surface area (TPSA) is 101 Å². The van der Waals surface area contributed by atoms with E-state index in [0.29, 0.717) is 17.0 Å². The number of rotatable bonds is 4. The highest BCUT2D eigenvalue weighted by molar-refractivity contribution is 5.82. The average Bonchev–Trinajstić information content (AvgIpc) is 3.26. The second-order valence-corrected chi connectivity index (χ2v) is 7.06. The molecule has 0 aliphatic heterocycles. The zero-order valence-electron chi connectivity index (χ0n) is 16.5. The third-order valence-corrected chi connectivity index (χ3v) is 4.96. The molecule has 3 heterocycles. The molecule has 8 nitrogen and oxygen atoms in total. The molecule has 5 rings (SSSR count). The summed E-state index contributed by atoms with van der Waals surface area (Å²) in [5.41, 5.74) is 0.0686. The Kier molecular flexibility index (Phi) is 4.58. The van der Waals surface area contributed by atoms with E-state index in [0.717, 1.165) is 28.8 Å². The lowest BCUT2D eigenvalue weighted by molar-refractivity contribution is 0.584. The second kappa shape index (κ2) is 7.45. The molecule has 2 N–H and O–H groups in total. The summed E-state index contributed by atoms with van der Waals surface area (Å²) in [6.45, 7) is 1.67. The van der Waals surface area contributed by atoms with Gasteiger partial charge in [0.25, 0.3) is 5.56 Å². The monoisotopic (exact) mass is 437 g/mol. The average molecular weight is 437 g/mol. The largest absolute Gasteiger partial charge is 0.358 e. The maximum atomic E-state index is 14.7. The van der Waals surface area contributed by atoms with Crippen LogP contribution in [-0.4, -0.2) is 29.5 Å². The number of nitrogens with zero attached hydrogens (tertiary/aromatic N) is 5.